The quantitative estimate of drug-likeness (QED) is 0.0161. The molecule has 0 saturated heterocycles. The molecule has 0 aliphatic rings. The zero-order valence-electron chi connectivity index (χ0n) is 46.7. The molecule has 410 valence electrons. The molecule has 0 aliphatic carbocycles. The van der Waals surface area contributed by atoms with Crippen molar-refractivity contribution in [3.63, 3.8) is 0 Å². The Hall–Kier alpha value is -2.03. The van der Waals surface area contributed by atoms with Crippen molar-refractivity contribution in [3.05, 3.63) is 48.6 Å². The van der Waals surface area contributed by atoms with E-state index in [1.54, 1.807) is 0 Å². The highest BCUT2D eigenvalue weighted by Gasteiger charge is 2.27. The molecule has 0 heterocycles. The minimum Gasteiger partial charge on any atom is -0.756 e. The summed E-state index contributed by atoms with van der Waals surface area (Å²) in [5.74, 6) is -0.557. The van der Waals surface area contributed by atoms with Crippen molar-refractivity contribution in [2.75, 3.05) is 40.9 Å². The lowest BCUT2D eigenvalue weighted by Gasteiger charge is -2.30. The summed E-state index contributed by atoms with van der Waals surface area (Å²) in [6.45, 7) is 6.71. The predicted octanol–water partition coefficient (Wildman–Crippen LogP) is 17.1. The number of phosphoric ester groups is 1. The minimum atomic E-state index is -4.70. The van der Waals surface area contributed by atoms with Crippen molar-refractivity contribution in [2.45, 2.75) is 283 Å². The number of likely N-dealkylation sites (N-methyl/N-ethyl adjacent to an activating group) is 1. The van der Waals surface area contributed by atoms with Gasteiger partial charge in [0, 0.05) is 12.8 Å². The number of nitrogens with zero attached hydrogens (tertiary/aromatic N) is 1. The van der Waals surface area contributed by atoms with Crippen LogP contribution in [0.1, 0.15) is 271 Å². The van der Waals surface area contributed by atoms with Crippen LogP contribution in [-0.4, -0.2) is 69.4 Å². The SMILES string of the molecule is CC/C=C/C=C/C=C\CCCCCCCC(=O)OC(/C=C/CCCCCCCCCCCC)C(COP(=O)([O-])OCC[N+](C)(C)C)NC(=O)CCCCCCCCCCCCCCCCCCCCC. The Morgan fingerprint density at radius 1 is 0.514 bits per heavy atom. The summed E-state index contributed by atoms with van der Waals surface area (Å²) in [7, 11) is 1.18. The molecule has 1 amide bonds. The second-order valence-corrected chi connectivity index (χ2v) is 22.6. The van der Waals surface area contributed by atoms with E-state index in [9.17, 15) is 19.0 Å². The maximum Gasteiger partial charge on any atom is 0.306 e. The largest absolute Gasteiger partial charge is 0.756 e. The Morgan fingerprint density at radius 3 is 1.36 bits per heavy atom. The number of unbranched alkanes of at least 4 members (excludes halogenated alkanes) is 33. The Bertz CT molecular complexity index is 1340. The molecule has 0 aromatic rings. The number of rotatable bonds is 53. The van der Waals surface area contributed by atoms with Crippen LogP contribution in [0.25, 0.3) is 0 Å². The molecule has 70 heavy (non-hydrogen) atoms. The zero-order valence-corrected chi connectivity index (χ0v) is 47.6. The molecule has 3 unspecified atom stereocenters. The molecular formula is C60H113N2O7P. The standard InChI is InChI=1S/C60H113N2O7P/c1-7-10-13-16-19-22-25-28-29-30-31-32-33-35-37-40-43-46-49-52-59(63)61-57(56-68-70(65,66)67-55-54-62(4,5)6)58(51-48-45-42-39-36-27-24-21-18-15-12-9-3)69-60(64)53-50-47-44-41-38-34-26-23-20-17-14-11-8-2/h11,14,17,20,23,26,48,51,57-58H,7-10,12-13,15-16,18-19,21-22,24-25,27-47,49-50,52-56H2,1-6H3,(H-,61,63,65,66)/b14-11+,20-17+,26-23-,51-48+. The van der Waals surface area contributed by atoms with Gasteiger partial charge in [0.25, 0.3) is 7.82 Å². The fourth-order valence-electron chi connectivity index (χ4n) is 8.52. The summed E-state index contributed by atoms with van der Waals surface area (Å²) >= 11 is 0. The number of esters is 1. The van der Waals surface area contributed by atoms with Gasteiger partial charge in [0.15, 0.2) is 0 Å². The van der Waals surface area contributed by atoms with Gasteiger partial charge < -0.3 is 28.5 Å². The molecule has 0 fully saturated rings. The molecule has 0 radical (unpaired) electrons. The number of ether oxygens (including phenoxy) is 1. The van der Waals surface area contributed by atoms with Gasteiger partial charge in [0.1, 0.15) is 19.3 Å². The third-order valence-electron chi connectivity index (χ3n) is 13.1. The lowest BCUT2D eigenvalue weighted by Crippen LogP contribution is -2.47. The van der Waals surface area contributed by atoms with Crippen LogP contribution in [0.3, 0.4) is 0 Å². The fraction of sp³-hybridized carbons (Fsp3) is 0.833. The number of quaternary nitrogens is 1. The molecule has 0 saturated carbocycles. The Morgan fingerprint density at radius 2 is 0.914 bits per heavy atom. The molecular weight excluding hydrogens is 892 g/mol. The average Bonchev–Trinajstić information content (AvgIpc) is 3.32. The van der Waals surface area contributed by atoms with Crippen molar-refractivity contribution >= 4 is 19.7 Å². The van der Waals surface area contributed by atoms with E-state index in [1.807, 2.05) is 33.3 Å². The van der Waals surface area contributed by atoms with Crippen LogP contribution >= 0.6 is 7.82 Å². The van der Waals surface area contributed by atoms with Crippen LogP contribution in [0.5, 0.6) is 0 Å². The third kappa shape index (κ3) is 50.9. The van der Waals surface area contributed by atoms with Crippen molar-refractivity contribution in [3.8, 4) is 0 Å². The van der Waals surface area contributed by atoms with Gasteiger partial charge in [-0.05, 0) is 51.0 Å². The molecule has 1 N–H and O–H groups in total. The Balaban J connectivity index is 5.27. The Labute approximate surface area is 433 Å². The summed E-state index contributed by atoms with van der Waals surface area (Å²) < 4.78 is 30.2. The maximum absolute atomic E-state index is 13.5. The Kier molecular flexibility index (Phi) is 49.0. The zero-order chi connectivity index (χ0) is 51.5. The van der Waals surface area contributed by atoms with Gasteiger partial charge in [0.2, 0.25) is 5.91 Å². The summed E-state index contributed by atoms with van der Waals surface area (Å²) in [6.07, 6.45) is 60.8. The van der Waals surface area contributed by atoms with Crippen molar-refractivity contribution < 1.29 is 37.3 Å². The summed E-state index contributed by atoms with van der Waals surface area (Å²) in [6, 6.07) is -0.893. The van der Waals surface area contributed by atoms with Gasteiger partial charge in [-0.2, -0.15) is 0 Å². The van der Waals surface area contributed by atoms with Gasteiger partial charge in [0.05, 0.1) is 33.8 Å². The number of phosphoric acid groups is 1. The maximum atomic E-state index is 13.5. The second-order valence-electron chi connectivity index (χ2n) is 21.2. The van der Waals surface area contributed by atoms with Crippen LogP contribution in [0.2, 0.25) is 0 Å². The number of carbonyl (C=O) groups excluding carboxylic acids is 2. The van der Waals surface area contributed by atoms with E-state index in [-0.39, 0.29) is 24.9 Å². The molecule has 0 rings (SSSR count). The number of hydrogen-bond acceptors (Lipinski definition) is 7. The lowest BCUT2D eigenvalue weighted by atomic mass is 10.0. The van der Waals surface area contributed by atoms with Gasteiger partial charge in [-0.1, -0.05) is 256 Å². The molecule has 0 bridgehead atoms. The average molecular weight is 1010 g/mol. The normalized spacial score (nSPS) is 14.1. The van der Waals surface area contributed by atoms with Crippen LogP contribution < -0.4 is 10.2 Å². The molecule has 3 atom stereocenters. The topological polar surface area (TPSA) is 114 Å². The van der Waals surface area contributed by atoms with Gasteiger partial charge >= 0.3 is 5.97 Å². The first-order valence-corrected chi connectivity index (χ1v) is 30.9. The van der Waals surface area contributed by atoms with E-state index >= 15 is 0 Å². The van der Waals surface area contributed by atoms with Crippen LogP contribution in [0, 0.1) is 0 Å². The minimum absolute atomic E-state index is 0.0249. The summed E-state index contributed by atoms with van der Waals surface area (Å²) in [5, 5.41) is 3.02. The van der Waals surface area contributed by atoms with E-state index < -0.39 is 26.6 Å². The first-order chi connectivity index (χ1) is 33.9. The van der Waals surface area contributed by atoms with E-state index in [0.29, 0.717) is 23.9 Å². The van der Waals surface area contributed by atoms with Crippen molar-refractivity contribution in [2.24, 2.45) is 0 Å². The first-order valence-electron chi connectivity index (χ1n) is 29.5. The monoisotopic (exact) mass is 1000 g/mol. The summed E-state index contributed by atoms with van der Waals surface area (Å²) in [5.41, 5.74) is 0. The highest BCUT2D eigenvalue weighted by molar-refractivity contribution is 7.45. The van der Waals surface area contributed by atoms with Gasteiger partial charge in [-0.3, -0.25) is 14.2 Å². The van der Waals surface area contributed by atoms with Crippen LogP contribution in [-0.2, 0) is 27.9 Å². The van der Waals surface area contributed by atoms with E-state index in [4.69, 9.17) is 13.8 Å². The number of allylic oxidation sites excluding steroid dienone is 7. The number of carbonyl (C=O) groups is 2. The smallest absolute Gasteiger partial charge is 0.306 e. The van der Waals surface area contributed by atoms with Crippen molar-refractivity contribution in [1.82, 2.24) is 5.32 Å². The van der Waals surface area contributed by atoms with Crippen molar-refractivity contribution in [1.29, 1.82) is 0 Å². The molecule has 0 aliphatic heterocycles. The van der Waals surface area contributed by atoms with Gasteiger partial charge in [-0.15, -0.1) is 0 Å². The molecule has 0 aromatic carbocycles. The molecule has 10 heteroatoms. The van der Waals surface area contributed by atoms with E-state index in [2.05, 4.69) is 62.5 Å². The fourth-order valence-corrected chi connectivity index (χ4v) is 9.25. The molecule has 0 spiro atoms. The van der Waals surface area contributed by atoms with Crippen LogP contribution in [0.4, 0.5) is 0 Å². The number of hydrogen-bond donors (Lipinski definition) is 1. The van der Waals surface area contributed by atoms with E-state index in [0.717, 1.165) is 77.0 Å². The molecule has 9 nitrogen and oxygen atoms in total. The van der Waals surface area contributed by atoms with E-state index in [1.165, 1.54) is 154 Å². The first kappa shape index (κ1) is 68.0. The van der Waals surface area contributed by atoms with Crippen LogP contribution in [0.15, 0.2) is 48.6 Å². The number of amides is 1. The highest BCUT2D eigenvalue weighted by atomic mass is 31.2. The number of nitrogens with one attached hydrogen (secondary N) is 1. The summed E-state index contributed by atoms with van der Waals surface area (Å²) in [4.78, 5) is 39.8. The van der Waals surface area contributed by atoms with Gasteiger partial charge in [-0.25, -0.2) is 0 Å². The highest BCUT2D eigenvalue weighted by Crippen LogP contribution is 2.38. The molecule has 0 aromatic heterocycles. The predicted molar refractivity (Wildman–Crippen MR) is 298 cm³/mol. The second kappa shape index (κ2) is 50.5. The lowest BCUT2D eigenvalue weighted by molar-refractivity contribution is -0.870. The third-order valence-corrected chi connectivity index (χ3v) is 14.0.